The average molecular weight is 410 g/mol. The second-order valence-electron chi connectivity index (χ2n) is 5.23. The van der Waals surface area contributed by atoms with Gasteiger partial charge in [-0.1, -0.05) is 47.4 Å². The van der Waals surface area contributed by atoms with Crippen LogP contribution in [-0.2, 0) is 4.79 Å². The van der Waals surface area contributed by atoms with Gasteiger partial charge in [0.2, 0.25) is 5.91 Å². The number of nitrogens with zero attached hydrogens (tertiary/aromatic N) is 2. The number of amides is 1. The highest BCUT2D eigenvalue weighted by Crippen LogP contribution is 2.29. The molecule has 0 aliphatic heterocycles. The fourth-order valence-electron chi connectivity index (χ4n) is 2.09. The van der Waals surface area contributed by atoms with Crippen molar-refractivity contribution in [2.75, 3.05) is 5.32 Å². The molecule has 0 radical (unpaired) electrons. The summed E-state index contributed by atoms with van der Waals surface area (Å²) in [5.74, 6) is -2.16. The van der Waals surface area contributed by atoms with Gasteiger partial charge in [0.15, 0.2) is 8.29 Å². The highest BCUT2D eigenvalue weighted by molar-refractivity contribution is 8.02. The van der Waals surface area contributed by atoms with Gasteiger partial charge in [-0.15, -0.1) is 5.10 Å². The normalized spacial score (nSPS) is 12.0. The van der Waals surface area contributed by atoms with Crippen molar-refractivity contribution in [1.82, 2.24) is 9.78 Å². The van der Waals surface area contributed by atoms with Gasteiger partial charge < -0.3 is 5.32 Å². The monoisotopic (exact) mass is 409 g/mol. The molecular weight excluding hydrogens is 396 g/mol. The molecule has 1 atom stereocenters. The van der Waals surface area contributed by atoms with E-state index >= 15 is 0 Å². The van der Waals surface area contributed by atoms with Crippen molar-refractivity contribution in [3.8, 4) is 5.69 Å². The van der Waals surface area contributed by atoms with Gasteiger partial charge in [0, 0.05) is 0 Å². The van der Waals surface area contributed by atoms with Crippen molar-refractivity contribution in [1.29, 1.82) is 0 Å². The van der Waals surface area contributed by atoms with Crippen LogP contribution in [0.3, 0.4) is 0 Å². The van der Waals surface area contributed by atoms with E-state index in [1.807, 2.05) is 30.3 Å². The zero-order valence-corrected chi connectivity index (χ0v) is 15.9. The van der Waals surface area contributed by atoms with Crippen molar-refractivity contribution >= 4 is 46.9 Å². The van der Waals surface area contributed by atoms with Crippen LogP contribution in [0.1, 0.15) is 6.92 Å². The van der Waals surface area contributed by atoms with Crippen LogP contribution in [0.4, 0.5) is 14.5 Å². The minimum absolute atomic E-state index is 0.451. The first-order chi connectivity index (χ1) is 12.5. The van der Waals surface area contributed by atoms with E-state index in [0.717, 1.165) is 17.8 Å². The average Bonchev–Trinajstić information content (AvgIpc) is 2.99. The highest BCUT2D eigenvalue weighted by Gasteiger charge is 2.20. The van der Waals surface area contributed by atoms with E-state index in [-0.39, 0.29) is 0 Å². The summed E-state index contributed by atoms with van der Waals surface area (Å²) in [7, 11) is 0. The van der Waals surface area contributed by atoms with E-state index in [9.17, 15) is 13.6 Å². The van der Waals surface area contributed by atoms with Crippen LogP contribution in [0.15, 0.2) is 52.9 Å². The molecule has 0 unspecified atom stereocenters. The standard InChI is InChI=1S/C17H13F2N3OS3/c1-10(15(23)20-14-12(18)8-5-9-13(14)19)25-16-21-22(17(24)26-16)11-6-3-2-4-7-11/h2-10H,1H3,(H,20,23)/t10-/m0/s1. The molecule has 2 aromatic carbocycles. The van der Waals surface area contributed by atoms with Crippen molar-refractivity contribution in [2.45, 2.75) is 16.5 Å². The molecule has 9 heteroatoms. The molecule has 0 fully saturated rings. The number of benzene rings is 2. The molecule has 0 saturated heterocycles. The van der Waals surface area contributed by atoms with Gasteiger partial charge in [0.1, 0.15) is 17.3 Å². The number of hydrogen-bond donors (Lipinski definition) is 1. The Morgan fingerprint density at radius 1 is 1.19 bits per heavy atom. The summed E-state index contributed by atoms with van der Waals surface area (Å²) in [5.41, 5.74) is 0.374. The Balaban J connectivity index is 1.73. The van der Waals surface area contributed by atoms with Gasteiger partial charge >= 0.3 is 0 Å². The number of rotatable bonds is 5. The molecule has 26 heavy (non-hydrogen) atoms. The van der Waals surface area contributed by atoms with E-state index in [1.54, 1.807) is 11.6 Å². The fraction of sp³-hybridized carbons (Fsp3) is 0.118. The van der Waals surface area contributed by atoms with E-state index in [4.69, 9.17) is 12.2 Å². The van der Waals surface area contributed by atoms with E-state index in [1.165, 1.54) is 29.2 Å². The number of carbonyl (C=O) groups is 1. The number of hydrogen-bond acceptors (Lipinski definition) is 5. The quantitative estimate of drug-likeness (QED) is 0.473. The van der Waals surface area contributed by atoms with Crippen molar-refractivity contribution < 1.29 is 13.6 Å². The molecule has 0 spiro atoms. The lowest BCUT2D eigenvalue weighted by Crippen LogP contribution is -2.23. The maximum absolute atomic E-state index is 13.7. The Labute approximate surface area is 161 Å². The third-order valence-corrected chi connectivity index (χ3v) is 5.80. The molecule has 1 amide bonds. The van der Waals surface area contributed by atoms with Gasteiger partial charge in [-0.3, -0.25) is 4.79 Å². The van der Waals surface area contributed by atoms with Crippen molar-refractivity contribution in [2.24, 2.45) is 0 Å². The van der Waals surface area contributed by atoms with Gasteiger partial charge in [0.25, 0.3) is 0 Å². The zero-order valence-electron chi connectivity index (χ0n) is 13.5. The van der Waals surface area contributed by atoms with Crippen LogP contribution in [-0.4, -0.2) is 20.9 Å². The van der Waals surface area contributed by atoms with Gasteiger partial charge in [-0.2, -0.15) is 0 Å². The summed E-state index contributed by atoms with van der Waals surface area (Å²) in [6.07, 6.45) is 0. The van der Waals surface area contributed by atoms with Gasteiger partial charge in [-0.05, 0) is 43.4 Å². The second kappa shape index (κ2) is 8.07. The third kappa shape index (κ3) is 4.17. The first-order valence-electron chi connectivity index (χ1n) is 7.53. The van der Waals surface area contributed by atoms with Gasteiger partial charge in [0.05, 0.1) is 10.9 Å². The zero-order chi connectivity index (χ0) is 18.7. The summed E-state index contributed by atoms with van der Waals surface area (Å²) >= 11 is 7.76. The molecule has 0 aliphatic carbocycles. The number of anilines is 1. The predicted molar refractivity (Wildman–Crippen MR) is 103 cm³/mol. The summed E-state index contributed by atoms with van der Waals surface area (Å²) in [4.78, 5) is 12.3. The van der Waals surface area contributed by atoms with Crippen LogP contribution in [0.5, 0.6) is 0 Å². The third-order valence-electron chi connectivity index (χ3n) is 3.39. The minimum atomic E-state index is -0.820. The van der Waals surface area contributed by atoms with E-state index in [2.05, 4.69) is 10.4 Å². The molecule has 0 saturated carbocycles. The minimum Gasteiger partial charge on any atom is -0.320 e. The van der Waals surface area contributed by atoms with Crippen LogP contribution in [0.2, 0.25) is 0 Å². The fourth-order valence-corrected chi connectivity index (χ4v) is 4.59. The van der Waals surface area contributed by atoms with Crippen LogP contribution >= 0.6 is 35.3 Å². The predicted octanol–water partition coefficient (Wildman–Crippen LogP) is 5.06. The molecular formula is C17H13F2N3OS3. The largest absolute Gasteiger partial charge is 0.320 e. The van der Waals surface area contributed by atoms with Crippen LogP contribution in [0, 0.1) is 15.6 Å². The molecule has 3 aromatic rings. The highest BCUT2D eigenvalue weighted by atomic mass is 32.2. The molecule has 0 bridgehead atoms. The number of carbonyl (C=O) groups excluding carboxylic acids is 1. The molecule has 3 rings (SSSR count). The lowest BCUT2D eigenvalue weighted by molar-refractivity contribution is -0.115. The number of aromatic nitrogens is 2. The topological polar surface area (TPSA) is 46.9 Å². The lowest BCUT2D eigenvalue weighted by Gasteiger charge is -2.11. The number of nitrogens with one attached hydrogen (secondary N) is 1. The maximum atomic E-state index is 13.7. The van der Waals surface area contributed by atoms with Gasteiger partial charge in [-0.25, -0.2) is 13.5 Å². The first-order valence-corrected chi connectivity index (χ1v) is 9.63. The van der Waals surface area contributed by atoms with Crippen LogP contribution in [0.25, 0.3) is 5.69 Å². The Bertz CT molecular complexity index is 968. The molecule has 1 N–H and O–H groups in total. The maximum Gasteiger partial charge on any atom is 0.237 e. The van der Waals surface area contributed by atoms with Crippen molar-refractivity contribution in [3.05, 3.63) is 64.1 Å². The summed E-state index contributed by atoms with van der Waals surface area (Å²) in [6, 6.07) is 12.8. The number of halogens is 2. The molecule has 1 heterocycles. The Morgan fingerprint density at radius 2 is 1.85 bits per heavy atom. The SMILES string of the molecule is C[C@H](Sc1nn(-c2ccccc2)c(=S)s1)C(=O)Nc1c(F)cccc1F. The summed E-state index contributed by atoms with van der Waals surface area (Å²) < 4.78 is 30.1. The van der Waals surface area contributed by atoms with Crippen LogP contribution < -0.4 is 5.32 Å². The lowest BCUT2D eigenvalue weighted by atomic mass is 10.3. The van der Waals surface area contributed by atoms with E-state index in [0.29, 0.717) is 8.29 Å². The molecule has 4 nitrogen and oxygen atoms in total. The first kappa shape index (κ1) is 18.7. The van der Waals surface area contributed by atoms with Crippen molar-refractivity contribution in [3.63, 3.8) is 0 Å². The van der Waals surface area contributed by atoms with E-state index < -0.39 is 28.5 Å². The Kier molecular flexibility index (Phi) is 5.80. The summed E-state index contributed by atoms with van der Waals surface area (Å²) in [5, 5.41) is 6.08. The number of thioether (sulfide) groups is 1. The Morgan fingerprint density at radius 3 is 2.50 bits per heavy atom. The smallest absolute Gasteiger partial charge is 0.237 e. The molecule has 1 aromatic heterocycles. The Hall–Kier alpha value is -2.10. The molecule has 134 valence electrons. The number of para-hydroxylation sites is 2. The molecule has 0 aliphatic rings. The summed E-state index contributed by atoms with van der Waals surface area (Å²) in [6.45, 7) is 1.63. The second-order valence-corrected chi connectivity index (χ2v) is 8.44.